The summed E-state index contributed by atoms with van der Waals surface area (Å²) in [5, 5.41) is 3.53. The van der Waals surface area contributed by atoms with Crippen LogP contribution in [0.25, 0.3) is 0 Å². The van der Waals surface area contributed by atoms with Crippen LogP contribution in [0.15, 0.2) is 24.0 Å². The Morgan fingerprint density at radius 1 is 1.26 bits per heavy atom. The number of nitrogens with one attached hydrogen (secondary N) is 1. The van der Waals surface area contributed by atoms with E-state index in [0.717, 1.165) is 25.1 Å². The maximum atomic E-state index is 14.6. The van der Waals surface area contributed by atoms with Crippen LogP contribution in [0, 0.1) is 17.7 Å². The van der Waals surface area contributed by atoms with Crippen molar-refractivity contribution in [3.8, 4) is 5.75 Å². The number of hydrogen-bond donors (Lipinski definition) is 1. The molecule has 3 heterocycles. The lowest BCUT2D eigenvalue weighted by atomic mass is 9.67. The van der Waals surface area contributed by atoms with Crippen molar-refractivity contribution in [1.29, 1.82) is 0 Å². The van der Waals surface area contributed by atoms with E-state index in [0.29, 0.717) is 36.5 Å². The summed E-state index contributed by atoms with van der Waals surface area (Å²) in [4.78, 5) is 15.2. The van der Waals surface area contributed by atoms with Crippen LogP contribution in [0.4, 0.5) is 10.1 Å². The summed E-state index contributed by atoms with van der Waals surface area (Å²) in [6.45, 7) is 6.07. The molecule has 2 fully saturated rings. The number of esters is 1. The van der Waals surface area contributed by atoms with Gasteiger partial charge >= 0.3 is 5.97 Å². The summed E-state index contributed by atoms with van der Waals surface area (Å²) in [6.07, 6.45) is 3.65. The second kappa shape index (κ2) is 9.95. The van der Waals surface area contributed by atoms with Crippen LogP contribution in [0.5, 0.6) is 5.75 Å². The highest BCUT2D eigenvalue weighted by molar-refractivity contribution is 5.88. The Morgan fingerprint density at radius 3 is 2.63 bits per heavy atom. The van der Waals surface area contributed by atoms with Gasteiger partial charge in [-0.1, -0.05) is 13.3 Å². The zero-order valence-corrected chi connectivity index (χ0v) is 21.5. The van der Waals surface area contributed by atoms with Crippen LogP contribution in [0.1, 0.15) is 38.7 Å². The van der Waals surface area contributed by atoms with Gasteiger partial charge in [0.25, 0.3) is 0 Å². The largest absolute Gasteiger partial charge is 0.504 e. The second-order valence-electron chi connectivity index (χ2n) is 9.43. The molecule has 0 aliphatic carbocycles. The smallest absolute Gasteiger partial charge is 0.337 e. The number of halogens is 1. The van der Waals surface area contributed by atoms with Crippen molar-refractivity contribution < 1.29 is 32.9 Å². The third-order valence-electron chi connectivity index (χ3n) is 8.09. The van der Waals surface area contributed by atoms with Crippen molar-refractivity contribution in [1.82, 2.24) is 4.90 Å². The average molecular weight is 493 g/mol. The Balaban J connectivity index is 1.85. The second-order valence-corrected chi connectivity index (χ2v) is 9.43. The van der Waals surface area contributed by atoms with E-state index in [1.54, 1.807) is 7.11 Å². The first kappa shape index (κ1) is 25.7. The molecule has 8 nitrogen and oxygen atoms in total. The normalized spacial score (nSPS) is 32.2. The maximum Gasteiger partial charge on any atom is 0.337 e. The van der Waals surface area contributed by atoms with Gasteiger partial charge in [0.2, 0.25) is 0 Å². The zero-order valence-electron chi connectivity index (χ0n) is 21.5. The van der Waals surface area contributed by atoms with Crippen molar-refractivity contribution in [2.45, 2.75) is 50.5 Å². The number of fused-ring (bicyclic) bond motifs is 5. The predicted octanol–water partition coefficient (Wildman–Crippen LogP) is 3.66. The molecule has 35 heavy (non-hydrogen) atoms. The molecule has 0 saturated carbocycles. The van der Waals surface area contributed by atoms with E-state index in [2.05, 4.69) is 17.1 Å². The number of ether oxygens (including phenoxy) is 5. The molecule has 0 amide bonds. The fourth-order valence-corrected chi connectivity index (χ4v) is 6.69. The third kappa shape index (κ3) is 3.79. The fraction of sp³-hybridized carbons (Fsp3) is 0.654. The van der Waals surface area contributed by atoms with Gasteiger partial charge in [-0.2, -0.15) is 0 Å². The Bertz CT molecular complexity index is 987. The van der Waals surface area contributed by atoms with Gasteiger partial charge in [0.05, 0.1) is 44.8 Å². The molecular weight excluding hydrogens is 455 g/mol. The minimum atomic E-state index is -1.02. The number of carbonyl (C=O) groups is 1. The summed E-state index contributed by atoms with van der Waals surface area (Å²) in [5.74, 6) is -0.238. The van der Waals surface area contributed by atoms with Crippen LogP contribution in [-0.2, 0) is 29.3 Å². The molecule has 9 heteroatoms. The van der Waals surface area contributed by atoms with E-state index < -0.39 is 23.1 Å². The highest BCUT2D eigenvalue weighted by atomic mass is 19.1. The SMILES string of the molecule is CCO[C@]12CCN3C[C@@H](CC)[C@@H](/C(=C\OC)C(=O)OC)C[C@H]3[C@@]1(OC)Nc1cc(F)cc(OC)c12. The third-order valence-corrected chi connectivity index (χ3v) is 8.09. The van der Waals surface area contributed by atoms with Gasteiger partial charge in [-0.15, -0.1) is 0 Å². The van der Waals surface area contributed by atoms with E-state index in [1.165, 1.54) is 39.7 Å². The Labute approximate surface area is 206 Å². The number of rotatable bonds is 8. The van der Waals surface area contributed by atoms with E-state index in [4.69, 9.17) is 23.7 Å². The lowest BCUT2D eigenvalue weighted by Gasteiger charge is -2.59. The molecule has 5 atom stereocenters. The Hall–Kier alpha value is -2.36. The Kier molecular flexibility index (Phi) is 7.31. The van der Waals surface area contributed by atoms with E-state index in [1.807, 2.05) is 6.92 Å². The first-order valence-electron chi connectivity index (χ1n) is 12.3. The number of methoxy groups -OCH3 is 4. The summed E-state index contributed by atoms with van der Waals surface area (Å²) in [5.41, 5.74) is -0.0186. The number of carbonyl (C=O) groups excluding carboxylic acids is 1. The van der Waals surface area contributed by atoms with Gasteiger partial charge in [-0.25, -0.2) is 9.18 Å². The van der Waals surface area contributed by atoms with E-state index in [9.17, 15) is 9.18 Å². The van der Waals surface area contributed by atoms with Gasteiger partial charge in [0.15, 0.2) is 5.72 Å². The highest BCUT2D eigenvalue weighted by Crippen LogP contribution is 2.60. The molecule has 1 N–H and O–H groups in total. The molecule has 0 unspecified atom stereocenters. The number of piperidine rings is 2. The number of anilines is 1. The maximum absolute atomic E-state index is 14.6. The van der Waals surface area contributed by atoms with Gasteiger partial charge in [0.1, 0.15) is 17.2 Å². The van der Waals surface area contributed by atoms with Crippen molar-refractivity contribution in [2.24, 2.45) is 11.8 Å². The summed E-state index contributed by atoms with van der Waals surface area (Å²) < 4.78 is 43.5. The van der Waals surface area contributed by atoms with Crippen LogP contribution in [0.3, 0.4) is 0 Å². The molecule has 2 saturated heterocycles. The molecule has 1 aromatic carbocycles. The molecule has 0 spiro atoms. The minimum absolute atomic E-state index is 0.109. The summed E-state index contributed by atoms with van der Waals surface area (Å²) in [7, 11) is 6.12. The molecule has 4 rings (SSSR count). The van der Waals surface area contributed by atoms with Crippen LogP contribution in [0.2, 0.25) is 0 Å². The predicted molar refractivity (Wildman–Crippen MR) is 129 cm³/mol. The lowest BCUT2D eigenvalue weighted by Crippen LogP contribution is -2.73. The Morgan fingerprint density at radius 2 is 2.03 bits per heavy atom. The van der Waals surface area contributed by atoms with Crippen LogP contribution in [-0.4, -0.2) is 70.8 Å². The fourth-order valence-electron chi connectivity index (χ4n) is 6.69. The molecular formula is C26H37FN2O6. The lowest BCUT2D eigenvalue weighted by molar-refractivity contribution is -0.246. The number of benzene rings is 1. The van der Waals surface area contributed by atoms with Crippen LogP contribution >= 0.6 is 0 Å². The number of nitrogens with zero attached hydrogens (tertiary/aromatic N) is 1. The van der Waals surface area contributed by atoms with Gasteiger partial charge in [-0.3, -0.25) is 4.90 Å². The van der Waals surface area contributed by atoms with Crippen LogP contribution < -0.4 is 10.1 Å². The summed E-state index contributed by atoms with van der Waals surface area (Å²) >= 11 is 0. The first-order valence-corrected chi connectivity index (χ1v) is 12.3. The minimum Gasteiger partial charge on any atom is -0.504 e. The van der Waals surface area contributed by atoms with Crippen molar-refractivity contribution in [2.75, 3.05) is 53.5 Å². The average Bonchev–Trinajstić information content (AvgIpc) is 3.16. The molecule has 1 aromatic rings. The van der Waals surface area contributed by atoms with Crippen molar-refractivity contribution >= 4 is 11.7 Å². The molecule has 3 aliphatic heterocycles. The summed E-state index contributed by atoms with van der Waals surface area (Å²) in [6, 6.07) is 2.69. The quantitative estimate of drug-likeness (QED) is 0.335. The first-order chi connectivity index (χ1) is 16.9. The van der Waals surface area contributed by atoms with E-state index in [-0.39, 0.29) is 17.9 Å². The number of hydrogen-bond acceptors (Lipinski definition) is 8. The van der Waals surface area contributed by atoms with Gasteiger partial charge < -0.3 is 29.0 Å². The standard InChI is InChI=1S/C26H37FN2O6/c1-7-16-14-29-10-9-25(35-8-2)23-20(11-17(27)12-21(23)32-4)28-26(25,34-6)22(29)13-18(16)19(15-31-3)24(30)33-5/h11-12,15-16,18,22,28H,7-10,13-14H2,1-6H3/b19-15+/t16-,18+,22+,25+,26+/m1/s1. The van der Waals surface area contributed by atoms with Crippen molar-refractivity contribution in [3.05, 3.63) is 35.3 Å². The molecule has 194 valence electrons. The molecule has 0 radical (unpaired) electrons. The van der Waals surface area contributed by atoms with Gasteiger partial charge in [0, 0.05) is 38.6 Å². The van der Waals surface area contributed by atoms with E-state index >= 15 is 0 Å². The molecule has 0 bridgehead atoms. The highest BCUT2D eigenvalue weighted by Gasteiger charge is 2.69. The topological polar surface area (TPSA) is 78.5 Å². The van der Waals surface area contributed by atoms with Gasteiger partial charge in [-0.05, 0) is 37.7 Å². The molecule has 3 aliphatic rings. The monoisotopic (exact) mass is 492 g/mol. The molecule has 0 aromatic heterocycles. The van der Waals surface area contributed by atoms with Crippen molar-refractivity contribution in [3.63, 3.8) is 0 Å². The zero-order chi connectivity index (χ0) is 25.4.